The predicted octanol–water partition coefficient (Wildman–Crippen LogP) is 4.34. The zero-order chi connectivity index (χ0) is 10.8. The van der Waals surface area contributed by atoms with Gasteiger partial charge in [0.2, 0.25) is 0 Å². The molecule has 1 heterocycles. The average molecular weight is 289 g/mol. The monoisotopic (exact) mass is 287 g/mol. The minimum atomic E-state index is 0.798. The van der Waals surface area contributed by atoms with Gasteiger partial charge < -0.3 is 4.90 Å². The van der Waals surface area contributed by atoms with E-state index in [2.05, 4.69) is 33.8 Å². The molecule has 0 saturated carbocycles. The van der Waals surface area contributed by atoms with Crippen molar-refractivity contribution in [1.82, 2.24) is 0 Å². The molecular formula is C12H15BrClN. The van der Waals surface area contributed by atoms with Crippen molar-refractivity contribution in [2.24, 2.45) is 5.92 Å². The summed E-state index contributed by atoms with van der Waals surface area (Å²) in [6, 6.07) is 6.18. The molecule has 0 bridgehead atoms. The fourth-order valence-corrected chi connectivity index (χ4v) is 2.47. The summed E-state index contributed by atoms with van der Waals surface area (Å²) >= 11 is 9.47. The van der Waals surface area contributed by atoms with Gasteiger partial charge in [-0.25, -0.2) is 0 Å². The minimum absolute atomic E-state index is 0.798. The molecule has 0 spiro atoms. The number of hydrogen-bond acceptors (Lipinski definition) is 1. The minimum Gasteiger partial charge on any atom is -0.371 e. The summed E-state index contributed by atoms with van der Waals surface area (Å²) in [7, 11) is 0. The molecule has 1 aromatic carbocycles. The Morgan fingerprint density at radius 2 is 2.20 bits per heavy atom. The summed E-state index contributed by atoms with van der Waals surface area (Å²) in [5.74, 6) is 0.887. The van der Waals surface area contributed by atoms with E-state index in [0.717, 1.165) is 15.4 Å². The first kappa shape index (κ1) is 11.3. The maximum absolute atomic E-state index is 6.06. The molecule has 0 amide bonds. The third-order valence-electron chi connectivity index (χ3n) is 2.92. The van der Waals surface area contributed by atoms with Crippen molar-refractivity contribution in [2.75, 3.05) is 18.0 Å². The van der Waals surface area contributed by atoms with Crippen molar-refractivity contribution in [3.8, 4) is 0 Å². The Labute approximate surface area is 105 Å². The number of halogens is 2. The van der Waals surface area contributed by atoms with E-state index < -0.39 is 0 Å². The lowest BCUT2D eigenvalue weighted by Gasteiger charge is -2.41. The van der Waals surface area contributed by atoms with Crippen LogP contribution in [-0.4, -0.2) is 13.1 Å². The van der Waals surface area contributed by atoms with Crippen LogP contribution in [0.25, 0.3) is 0 Å². The molecule has 3 heteroatoms. The number of nitrogens with zero attached hydrogens (tertiary/aromatic N) is 1. The smallest absolute Gasteiger partial charge is 0.0568 e. The van der Waals surface area contributed by atoms with Crippen LogP contribution >= 0.6 is 27.5 Å². The maximum Gasteiger partial charge on any atom is 0.0568 e. The molecule has 0 radical (unpaired) electrons. The van der Waals surface area contributed by atoms with Gasteiger partial charge in [0, 0.05) is 23.2 Å². The normalized spacial score (nSPS) is 16.6. The fourth-order valence-electron chi connectivity index (χ4n) is 2.05. The van der Waals surface area contributed by atoms with E-state index in [0.29, 0.717) is 0 Å². The Morgan fingerprint density at radius 1 is 1.47 bits per heavy atom. The van der Waals surface area contributed by atoms with Gasteiger partial charge in [0.25, 0.3) is 0 Å². The highest BCUT2D eigenvalue weighted by molar-refractivity contribution is 9.10. The molecule has 0 unspecified atom stereocenters. The lowest BCUT2D eigenvalue weighted by Crippen LogP contribution is -2.46. The summed E-state index contributed by atoms with van der Waals surface area (Å²) in [6.45, 7) is 4.62. The van der Waals surface area contributed by atoms with E-state index in [4.69, 9.17) is 11.6 Å². The summed E-state index contributed by atoms with van der Waals surface area (Å²) in [4.78, 5) is 2.39. The second-order valence-electron chi connectivity index (χ2n) is 4.16. The Balaban J connectivity index is 1.98. The molecule has 1 saturated heterocycles. The van der Waals surface area contributed by atoms with Crippen LogP contribution in [0.4, 0.5) is 5.69 Å². The molecule has 1 aliphatic rings. The van der Waals surface area contributed by atoms with Gasteiger partial charge in [-0.2, -0.15) is 0 Å². The molecule has 0 aromatic heterocycles. The Hall–Kier alpha value is -0.210. The van der Waals surface area contributed by atoms with E-state index in [1.54, 1.807) is 0 Å². The highest BCUT2D eigenvalue weighted by Gasteiger charge is 2.25. The molecule has 0 aliphatic carbocycles. The Morgan fingerprint density at radius 3 is 2.80 bits per heavy atom. The zero-order valence-electron chi connectivity index (χ0n) is 8.84. The number of hydrogen-bond donors (Lipinski definition) is 0. The van der Waals surface area contributed by atoms with Crippen LogP contribution in [0, 0.1) is 5.92 Å². The van der Waals surface area contributed by atoms with Crippen LogP contribution in [-0.2, 0) is 0 Å². The van der Waals surface area contributed by atoms with E-state index in [-0.39, 0.29) is 0 Å². The first-order valence-corrected chi connectivity index (χ1v) is 6.57. The van der Waals surface area contributed by atoms with E-state index in [1.807, 2.05) is 12.1 Å². The summed E-state index contributed by atoms with van der Waals surface area (Å²) in [6.07, 6.45) is 2.64. The molecule has 82 valence electrons. The highest BCUT2D eigenvalue weighted by Crippen LogP contribution is 2.32. The van der Waals surface area contributed by atoms with Crippen molar-refractivity contribution < 1.29 is 0 Å². The standard InChI is InChI=1S/C12H15BrClN/c1-2-3-9-7-15(8-9)10-4-5-11(13)12(14)6-10/h4-6,9H,2-3,7-8H2,1H3. The van der Waals surface area contributed by atoms with E-state index >= 15 is 0 Å². The predicted molar refractivity (Wildman–Crippen MR) is 69.8 cm³/mol. The molecule has 1 aliphatic heterocycles. The van der Waals surface area contributed by atoms with Crippen molar-refractivity contribution >= 4 is 33.2 Å². The van der Waals surface area contributed by atoms with Gasteiger partial charge in [-0.05, 0) is 46.5 Å². The number of anilines is 1. The SMILES string of the molecule is CCCC1CN(c2ccc(Br)c(Cl)c2)C1. The van der Waals surface area contributed by atoms with Crippen molar-refractivity contribution in [2.45, 2.75) is 19.8 Å². The molecule has 1 nitrogen and oxygen atoms in total. The maximum atomic E-state index is 6.06. The first-order chi connectivity index (χ1) is 7.20. The van der Waals surface area contributed by atoms with Gasteiger partial charge in [-0.15, -0.1) is 0 Å². The molecule has 15 heavy (non-hydrogen) atoms. The second-order valence-corrected chi connectivity index (χ2v) is 5.42. The second kappa shape index (κ2) is 4.75. The highest BCUT2D eigenvalue weighted by atomic mass is 79.9. The molecule has 0 atom stereocenters. The Bertz CT molecular complexity index is 347. The van der Waals surface area contributed by atoms with Crippen molar-refractivity contribution in [1.29, 1.82) is 0 Å². The summed E-state index contributed by atoms with van der Waals surface area (Å²) < 4.78 is 0.971. The summed E-state index contributed by atoms with van der Waals surface area (Å²) in [5.41, 5.74) is 1.25. The molecular weight excluding hydrogens is 273 g/mol. The van der Waals surface area contributed by atoms with Gasteiger partial charge in [-0.1, -0.05) is 24.9 Å². The zero-order valence-corrected chi connectivity index (χ0v) is 11.2. The van der Waals surface area contributed by atoms with Crippen LogP contribution in [0.2, 0.25) is 5.02 Å². The lowest BCUT2D eigenvalue weighted by atomic mass is 9.94. The third-order valence-corrected chi connectivity index (χ3v) is 4.15. The van der Waals surface area contributed by atoms with Crippen molar-refractivity contribution in [3.05, 3.63) is 27.7 Å². The van der Waals surface area contributed by atoms with Crippen LogP contribution < -0.4 is 4.90 Å². The number of benzene rings is 1. The van der Waals surface area contributed by atoms with Crippen LogP contribution in [0.5, 0.6) is 0 Å². The molecule has 1 fully saturated rings. The van der Waals surface area contributed by atoms with Gasteiger partial charge in [0.05, 0.1) is 5.02 Å². The van der Waals surface area contributed by atoms with Gasteiger partial charge in [0.15, 0.2) is 0 Å². The van der Waals surface area contributed by atoms with E-state index in [9.17, 15) is 0 Å². The summed E-state index contributed by atoms with van der Waals surface area (Å²) in [5, 5.41) is 0.798. The molecule has 2 rings (SSSR count). The molecule has 0 N–H and O–H groups in total. The van der Waals surface area contributed by atoms with Crippen LogP contribution in [0.15, 0.2) is 22.7 Å². The van der Waals surface area contributed by atoms with Crippen LogP contribution in [0.3, 0.4) is 0 Å². The third kappa shape index (κ3) is 2.48. The van der Waals surface area contributed by atoms with Crippen LogP contribution in [0.1, 0.15) is 19.8 Å². The quantitative estimate of drug-likeness (QED) is 0.800. The van der Waals surface area contributed by atoms with E-state index in [1.165, 1.54) is 31.6 Å². The fraction of sp³-hybridized carbons (Fsp3) is 0.500. The topological polar surface area (TPSA) is 3.24 Å². The number of rotatable bonds is 3. The molecule has 1 aromatic rings. The lowest BCUT2D eigenvalue weighted by molar-refractivity contribution is 0.381. The van der Waals surface area contributed by atoms with Gasteiger partial charge in [0.1, 0.15) is 0 Å². The average Bonchev–Trinajstić information content (AvgIpc) is 2.16. The van der Waals surface area contributed by atoms with Gasteiger partial charge in [-0.3, -0.25) is 0 Å². The largest absolute Gasteiger partial charge is 0.371 e. The van der Waals surface area contributed by atoms with Gasteiger partial charge >= 0.3 is 0 Å². The van der Waals surface area contributed by atoms with Crippen molar-refractivity contribution in [3.63, 3.8) is 0 Å². The first-order valence-electron chi connectivity index (χ1n) is 5.40. The Kier molecular flexibility index (Phi) is 3.57.